The average molecular weight is 566 g/mol. The number of aromatic nitrogens is 2. The van der Waals surface area contributed by atoms with Crippen molar-refractivity contribution in [3.8, 4) is 11.5 Å². The number of phenolic OH excluding ortho intramolecular Hbond substituents is 1. The molecule has 1 atom stereocenters. The fourth-order valence-corrected chi connectivity index (χ4v) is 6.00. The Morgan fingerprint density at radius 1 is 1.08 bits per heavy atom. The van der Waals surface area contributed by atoms with Gasteiger partial charge < -0.3 is 14.9 Å². The van der Waals surface area contributed by atoms with Crippen molar-refractivity contribution in [1.82, 2.24) is 10.2 Å². The number of Topliss-reactive ketones (excluding diaryl/α,β-unsaturated/α-hetero) is 1. The topological polar surface area (TPSA) is 113 Å². The first-order valence-corrected chi connectivity index (χ1v) is 13.5. The Bertz CT molecular complexity index is 1540. The van der Waals surface area contributed by atoms with Crippen molar-refractivity contribution >= 4 is 57.3 Å². The number of methoxy groups -OCH3 is 1. The summed E-state index contributed by atoms with van der Waals surface area (Å²) in [5, 5.41) is 30.4. The summed E-state index contributed by atoms with van der Waals surface area (Å²) >= 11 is 8.62. The van der Waals surface area contributed by atoms with Crippen molar-refractivity contribution in [2.24, 2.45) is 0 Å². The Morgan fingerprint density at radius 2 is 1.82 bits per heavy atom. The maximum absolute atomic E-state index is 13.4. The summed E-state index contributed by atoms with van der Waals surface area (Å²) in [5.74, 6) is -1.39. The normalized spacial score (nSPS) is 16.7. The van der Waals surface area contributed by atoms with Gasteiger partial charge in [0.2, 0.25) is 5.13 Å². The van der Waals surface area contributed by atoms with Gasteiger partial charge in [-0.1, -0.05) is 71.1 Å². The second-order valence-corrected chi connectivity index (χ2v) is 10.8. The third kappa shape index (κ3) is 4.98. The van der Waals surface area contributed by atoms with Crippen LogP contribution in [0.4, 0.5) is 5.13 Å². The summed E-state index contributed by atoms with van der Waals surface area (Å²) in [6.45, 7) is 0. The van der Waals surface area contributed by atoms with Gasteiger partial charge in [0.15, 0.2) is 15.8 Å². The number of aliphatic hydroxyl groups is 1. The van der Waals surface area contributed by atoms with Gasteiger partial charge in [0, 0.05) is 16.3 Å². The van der Waals surface area contributed by atoms with Crippen molar-refractivity contribution in [2.45, 2.75) is 16.1 Å². The van der Waals surface area contributed by atoms with Crippen molar-refractivity contribution in [3.05, 3.63) is 100 Å². The molecule has 4 aromatic rings. The number of anilines is 1. The first-order chi connectivity index (χ1) is 18.4. The van der Waals surface area contributed by atoms with Crippen LogP contribution in [-0.4, -0.2) is 39.2 Å². The number of amides is 1. The van der Waals surface area contributed by atoms with Gasteiger partial charge in [0.1, 0.15) is 5.76 Å². The summed E-state index contributed by atoms with van der Waals surface area (Å²) < 4.78 is 5.87. The molecule has 2 N–H and O–H groups in total. The van der Waals surface area contributed by atoms with Crippen LogP contribution in [0.25, 0.3) is 5.76 Å². The number of carbonyl (C=O) groups excluding carboxylic acids is 2. The lowest BCUT2D eigenvalue weighted by Gasteiger charge is -2.23. The Labute approximate surface area is 231 Å². The lowest BCUT2D eigenvalue weighted by molar-refractivity contribution is -0.132. The summed E-state index contributed by atoms with van der Waals surface area (Å²) in [4.78, 5) is 27.9. The minimum Gasteiger partial charge on any atom is -0.507 e. The van der Waals surface area contributed by atoms with E-state index in [0.717, 1.165) is 5.56 Å². The molecule has 1 aliphatic heterocycles. The number of thioether (sulfide) groups is 1. The second kappa shape index (κ2) is 10.9. The van der Waals surface area contributed by atoms with Crippen molar-refractivity contribution in [1.29, 1.82) is 0 Å². The first-order valence-electron chi connectivity index (χ1n) is 11.3. The van der Waals surface area contributed by atoms with Crippen LogP contribution < -0.4 is 9.64 Å². The van der Waals surface area contributed by atoms with Crippen LogP contribution in [0.2, 0.25) is 5.02 Å². The highest BCUT2D eigenvalue weighted by molar-refractivity contribution is 8.00. The summed E-state index contributed by atoms with van der Waals surface area (Å²) in [6, 6.07) is 19.5. The largest absolute Gasteiger partial charge is 0.507 e. The Balaban J connectivity index is 1.58. The second-order valence-electron chi connectivity index (χ2n) is 8.23. The SMILES string of the molecule is COc1cc(C2/C(=C(/O)c3ccc(Cl)cc3)C(=O)C(=O)N2c2nnc(SCc3ccccc3)s2)ccc1O. The number of hydrogen-bond acceptors (Lipinski definition) is 9. The van der Waals surface area contributed by atoms with Crippen LogP contribution in [-0.2, 0) is 15.3 Å². The van der Waals surface area contributed by atoms with E-state index in [1.54, 1.807) is 30.3 Å². The van der Waals surface area contributed by atoms with Gasteiger partial charge in [-0.3, -0.25) is 14.5 Å². The molecule has 0 radical (unpaired) electrons. The molecule has 3 aromatic carbocycles. The number of phenols is 1. The monoisotopic (exact) mass is 565 g/mol. The zero-order valence-corrected chi connectivity index (χ0v) is 22.3. The van der Waals surface area contributed by atoms with E-state index in [1.807, 2.05) is 30.3 Å². The third-order valence-electron chi connectivity index (χ3n) is 5.89. The molecule has 2 heterocycles. The van der Waals surface area contributed by atoms with E-state index in [4.69, 9.17) is 16.3 Å². The highest BCUT2D eigenvalue weighted by Crippen LogP contribution is 2.45. The summed E-state index contributed by atoms with van der Waals surface area (Å²) in [6.07, 6.45) is 0. The molecule has 0 saturated carbocycles. The highest BCUT2D eigenvalue weighted by Gasteiger charge is 2.48. The molecule has 0 aliphatic carbocycles. The molecular weight excluding hydrogens is 546 g/mol. The Morgan fingerprint density at radius 3 is 2.53 bits per heavy atom. The van der Waals surface area contributed by atoms with Crippen LogP contribution in [0.15, 0.2) is 82.7 Å². The summed E-state index contributed by atoms with van der Waals surface area (Å²) in [7, 11) is 1.39. The van der Waals surface area contributed by atoms with E-state index in [1.165, 1.54) is 47.2 Å². The molecule has 1 amide bonds. The molecule has 11 heteroatoms. The molecule has 1 aliphatic rings. The molecule has 1 unspecified atom stereocenters. The van der Waals surface area contributed by atoms with Crippen LogP contribution in [0.1, 0.15) is 22.7 Å². The fraction of sp³-hybridized carbons (Fsp3) is 0.111. The molecule has 1 fully saturated rings. The lowest BCUT2D eigenvalue weighted by atomic mass is 9.95. The third-order valence-corrected chi connectivity index (χ3v) is 8.27. The molecular formula is C27H20ClN3O5S2. The number of rotatable bonds is 7. The van der Waals surface area contributed by atoms with Gasteiger partial charge in [0.05, 0.1) is 18.7 Å². The van der Waals surface area contributed by atoms with Crippen LogP contribution in [0, 0.1) is 0 Å². The van der Waals surface area contributed by atoms with E-state index >= 15 is 0 Å². The van der Waals surface area contributed by atoms with Gasteiger partial charge >= 0.3 is 5.91 Å². The minimum atomic E-state index is -1.04. The maximum Gasteiger partial charge on any atom is 0.301 e. The average Bonchev–Trinajstić information content (AvgIpc) is 3.50. The minimum absolute atomic E-state index is 0.110. The van der Waals surface area contributed by atoms with Crippen molar-refractivity contribution < 1.29 is 24.5 Å². The standard InChI is InChI=1S/C27H20ClN3O5S2/c1-36-20-13-17(9-12-19(20)32)22-21(23(33)16-7-10-18(28)11-8-16)24(34)25(35)31(22)26-29-30-27(38-26)37-14-15-5-3-2-4-6-15/h2-13,22,32-33H,14H2,1H3/b23-21-. The molecule has 0 bridgehead atoms. The predicted octanol–water partition coefficient (Wildman–Crippen LogP) is 5.82. The highest BCUT2D eigenvalue weighted by atomic mass is 35.5. The van der Waals surface area contributed by atoms with E-state index in [0.29, 0.717) is 26.2 Å². The van der Waals surface area contributed by atoms with E-state index in [-0.39, 0.29) is 28.0 Å². The van der Waals surface area contributed by atoms with Crippen LogP contribution in [0.5, 0.6) is 11.5 Å². The van der Waals surface area contributed by atoms with Gasteiger partial charge in [-0.25, -0.2) is 0 Å². The van der Waals surface area contributed by atoms with Gasteiger partial charge in [0.25, 0.3) is 5.78 Å². The zero-order valence-electron chi connectivity index (χ0n) is 19.9. The van der Waals surface area contributed by atoms with Gasteiger partial charge in [-0.15, -0.1) is 10.2 Å². The number of hydrogen-bond donors (Lipinski definition) is 2. The van der Waals surface area contributed by atoms with Crippen molar-refractivity contribution in [3.63, 3.8) is 0 Å². The Hall–Kier alpha value is -3.86. The lowest BCUT2D eigenvalue weighted by Crippen LogP contribution is -2.29. The number of benzene rings is 3. The van der Waals surface area contributed by atoms with Gasteiger partial charge in [-0.2, -0.15) is 0 Å². The molecule has 5 rings (SSSR count). The van der Waals surface area contributed by atoms with Crippen LogP contribution >= 0.6 is 34.7 Å². The smallest absolute Gasteiger partial charge is 0.301 e. The van der Waals surface area contributed by atoms with E-state index in [2.05, 4.69) is 10.2 Å². The predicted molar refractivity (Wildman–Crippen MR) is 147 cm³/mol. The number of ether oxygens (including phenoxy) is 1. The number of nitrogens with zero attached hydrogens (tertiary/aromatic N) is 3. The molecule has 1 saturated heterocycles. The number of halogens is 1. The first kappa shape index (κ1) is 25.8. The van der Waals surface area contributed by atoms with E-state index < -0.39 is 17.7 Å². The molecule has 0 spiro atoms. The quantitative estimate of drug-likeness (QED) is 0.0947. The Kier molecular flexibility index (Phi) is 7.37. The molecule has 192 valence electrons. The van der Waals surface area contributed by atoms with Crippen LogP contribution in [0.3, 0.4) is 0 Å². The number of aliphatic hydroxyl groups excluding tert-OH is 1. The van der Waals surface area contributed by atoms with E-state index in [9.17, 15) is 19.8 Å². The molecule has 38 heavy (non-hydrogen) atoms. The molecule has 8 nitrogen and oxygen atoms in total. The maximum atomic E-state index is 13.4. The fourth-order valence-electron chi connectivity index (χ4n) is 4.05. The van der Waals surface area contributed by atoms with Gasteiger partial charge in [-0.05, 0) is 47.5 Å². The zero-order chi connectivity index (χ0) is 26.8. The van der Waals surface area contributed by atoms with Crippen molar-refractivity contribution in [2.75, 3.05) is 12.0 Å². The number of aromatic hydroxyl groups is 1. The molecule has 1 aromatic heterocycles. The number of ketones is 1. The number of carbonyl (C=O) groups is 2. The summed E-state index contributed by atoms with van der Waals surface area (Å²) in [5.41, 5.74) is 1.73.